The van der Waals surface area contributed by atoms with Gasteiger partial charge in [-0.2, -0.15) is 5.10 Å². The van der Waals surface area contributed by atoms with Crippen molar-refractivity contribution in [2.75, 3.05) is 6.54 Å². The number of primary amides is 1. The second-order valence-corrected chi connectivity index (χ2v) is 9.37. The lowest BCUT2D eigenvalue weighted by molar-refractivity contribution is -0.148. The number of aromatic nitrogens is 2. The smallest absolute Gasteiger partial charge is 0.269 e. The number of aliphatic hydroxyl groups is 1. The van der Waals surface area contributed by atoms with Crippen LogP contribution in [0.25, 0.3) is 10.9 Å². The first-order valence-corrected chi connectivity index (χ1v) is 11.4. The molecule has 1 fully saturated rings. The topological polar surface area (TPSA) is 131 Å². The highest BCUT2D eigenvalue weighted by Crippen LogP contribution is 2.35. The Bertz CT molecular complexity index is 1300. The Kier molecular flexibility index (Phi) is 6.77. The molecule has 1 heterocycles. The minimum absolute atomic E-state index is 0.0489. The van der Waals surface area contributed by atoms with Crippen LogP contribution in [0.4, 0.5) is 4.39 Å². The molecule has 3 amide bonds. The van der Waals surface area contributed by atoms with Crippen LogP contribution in [0.1, 0.15) is 35.8 Å². The number of rotatable bonds is 8. The van der Waals surface area contributed by atoms with Gasteiger partial charge in [0, 0.05) is 23.5 Å². The highest BCUT2D eigenvalue weighted by molar-refractivity contribution is 6.30. The van der Waals surface area contributed by atoms with Gasteiger partial charge in [-0.15, -0.1) is 0 Å². The number of amides is 3. The lowest BCUT2D eigenvalue weighted by Crippen LogP contribution is -2.58. The standard InChI is InChI=1S/C24H25ClFN5O4/c1-24(35)9-15(10-24)30(12-19(32)28-11-14-5-4-7-17(25)21(14)26)20(33)13-31-18-8-3-2-6-16(18)22(29-31)23(27)34/h2-8,15,35H,9-13H2,1H3,(H2,27,34)(H,28,32)/t15-,24+. The fourth-order valence-electron chi connectivity index (χ4n) is 4.34. The molecule has 9 nitrogen and oxygen atoms in total. The molecule has 2 aromatic carbocycles. The van der Waals surface area contributed by atoms with E-state index in [-0.39, 0.29) is 42.0 Å². The molecule has 0 aliphatic heterocycles. The van der Waals surface area contributed by atoms with Crippen LogP contribution in [0, 0.1) is 5.82 Å². The molecule has 0 bridgehead atoms. The Balaban J connectivity index is 1.50. The first-order chi connectivity index (χ1) is 16.6. The van der Waals surface area contributed by atoms with Crippen LogP contribution in [0.5, 0.6) is 0 Å². The van der Waals surface area contributed by atoms with Crippen LogP contribution in [0.15, 0.2) is 42.5 Å². The van der Waals surface area contributed by atoms with E-state index in [1.807, 2.05) is 0 Å². The van der Waals surface area contributed by atoms with Crippen LogP contribution < -0.4 is 11.1 Å². The van der Waals surface area contributed by atoms with Crippen molar-refractivity contribution in [3.63, 3.8) is 0 Å². The SMILES string of the molecule is C[C@]1(O)C[C@@H](N(CC(=O)NCc2cccc(Cl)c2F)C(=O)Cn2nc(C(N)=O)c3ccccc32)C1. The van der Waals surface area contributed by atoms with E-state index in [4.69, 9.17) is 17.3 Å². The van der Waals surface area contributed by atoms with Gasteiger partial charge in [0.05, 0.1) is 22.7 Å². The van der Waals surface area contributed by atoms with Crippen molar-refractivity contribution in [3.05, 3.63) is 64.6 Å². The molecule has 4 rings (SSSR count). The molecule has 1 aliphatic rings. The molecular formula is C24H25ClFN5O4. The maximum Gasteiger partial charge on any atom is 0.269 e. The summed E-state index contributed by atoms with van der Waals surface area (Å²) in [5.41, 5.74) is 5.32. The number of halogens is 2. The van der Waals surface area contributed by atoms with Gasteiger partial charge in [-0.3, -0.25) is 19.1 Å². The van der Waals surface area contributed by atoms with Crippen molar-refractivity contribution in [2.45, 2.75) is 44.5 Å². The van der Waals surface area contributed by atoms with Gasteiger partial charge >= 0.3 is 0 Å². The van der Waals surface area contributed by atoms with Crippen molar-refractivity contribution >= 4 is 40.2 Å². The number of carbonyl (C=O) groups excluding carboxylic acids is 3. The second-order valence-electron chi connectivity index (χ2n) is 8.96. The number of hydrogen-bond acceptors (Lipinski definition) is 5. The third-order valence-corrected chi connectivity index (χ3v) is 6.40. The Morgan fingerprint density at radius 2 is 1.97 bits per heavy atom. The van der Waals surface area contributed by atoms with Crippen molar-refractivity contribution in [3.8, 4) is 0 Å². The van der Waals surface area contributed by atoms with Crippen molar-refractivity contribution in [1.82, 2.24) is 20.0 Å². The van der Waals surface area contributed by atoms with Crippen molar-refractivity contribution < 1.29 is 23.9 Å². The maximum absolute atomic E-state index is 14.1. The molecule has 1 aromatic heterocycles. The molecule has 1 saturated carbocycles. The summed E-state index contributed by atoms with van der Waals surface area (Å²) in [6.07, 6.45) is 0.614. The van der Waals surface area contributed by atoms with Crippen LogP contribution in [0.2, 0.25) is 5.02 Å². The number of para-hydroxylation sites is 1. The molecule has 184 valence electrons. The van der Waals surface area contributed by atoms with Gasteiger partial charge in [0.25, 0.3) is 5.91 Å². The number of nitrogens with two attached hydrogens (primary N) is 1. The lowest BCUT2D eigenvalue weighted by atomic mass is 9.76. The van der Waals surface area contributed by atoms with Gasteiger partial charge in [0.2, 0.25) is 11.8 Å². The first kappa shape index (κ1) is 24.6. The third kappa shape index (κ3) is 5.28. The molecule has 0 saturated heterocycles. The van der Waals surface area contributed by atoms with Crippen molar-refractivity contribution in [2.24, 2.45) is 5.73 Å². The van der Waals surface area contributed by atoms with Crippen molar-refractivity contribution in [1.29, 1.82) is 0 Å². The summed E-state index contributed by atoms with van der Waals surface area (Å²) in [5.74, 6) is -2.24. The number of nitrogens with zero attached hydrogens (tertiary/aromatic N) is 3. The van der Waals surface area contributed by atoms with Gasteiger partial charge in [0.1, 0.15) is 12.4 Å². The summed E-state index contributed by atoms with van der Waals surface area (Å²) in [7, 11) is 0. The van der Waals surface area contributed by atoms with Gasteiger partial charge in [-0.1, -0.05) is 41.9 Å². The normalized spacial score (nSPS) is 19.3. The van der Waals surface area contributed by atoms with E-state index in [2.05, 4.69) is 10.4 Å². The zero-order chi connectivity index (χ0) is 25.3. The molecule has 11 heteroatoms. The average Bonchev–Trinajstić information content (AvgIpc) is 3.15. The van der Waals surface area contributed by atoms with E-state index in [0.717, 1.165) is 0 Å². The zero-order valence-electron chi connectivity index (χ0n) is 19.0. The maximum atomic E-state index is 14.1. The lowest BCUT2D eigenvalue weighted by Gasteiger charge is -2.46. The summed E-state index contributed by atoms with van der Waals surface area (Å²) in [6.45, 7) is 1.04. The first-order valence-electron chi connectivity index (χ1n) is 11.0. The van der Waals surface area contributed by atoms with Crippen LogP contribution in [-0.2, 0) is 22.7 Å². The van der Waals surface area contributed by atoms with E-state index in [1.165, 1.54) is 21.7 Å². The summed E-state index contributed by atoms with van der Waals surface area (Å²) < 4.78 is 15.5. The van der Waals surface area contributed by atoms with E-state index < -0.39 is 29.1 Å². The molecule has 3 aromatic rings. The Hall–Kier alpha value is -3.50. The molecule has 35 heavy (non-hydrogen) atoms. The van der Waals surface area contributed by atoms with Crippen LogP contribution in [0.3, 0.4) is 0 Å². The minimum Gasteiger partial charge on any atom is -0.390 e. The molecule has 0 unspecified atom stereocenters. The van der Waals surface area contributed by atoms with Crippen LogP contribution in [-0.4, -0.2) is 55.7 Å². The highest BCUT2D eigenvalue weighted by atomic mass is 35.5. The number of benzene rings is 2. The third-order valence-electron chi connectivity index (χ3n) is 6.11. The van der Waals surface area contributed by atoms with E-state index >= 15 is 0 Å². The summed E-state index contributed by atoms with van der Waals surface area (Å²) in [4.78, 5) is 39.2. The fourth-order valence-corrected chi connectivity index (χ4v) is 4.53. The second kappa shape index (κ2) is 9.63. The van der Waals surface area contributed by atoms with Gasteiger partial charge in [-0.05, 0) is 31.9 Å². The zero-order valence-corrected chi connectivity index (χ0v) is 19.8. The quantitative estimate of drug-likeness (QED) is 0.434. The van der Waals surface area contributed by atoms with Gasteiger partial charge in [0.15, 0.2) is 5.69 Å². The molecule has 4 N–H and O–H groups in total. The van der Waals surface area contributed by atoms with E-state index in [9.17, 15) is 23.9 Å². The van der Waals surface area contributed by atoms with E-state index in [1.54, 1.807) is 37.3 Å². The molecule has 1 aliphatic carbocycles. The summed E-state index contributed by atoms with van der Waals surface area (Å²) in [6, 6.07) is 11.0. The van der Waals surface area contributed by atoms with E-state index in [0.29, 0.717) is 23.7 Å². The number of fused-ring (bicyclic) bond motifs is 1. The van der Waals surface area contributed by atoms with Gasteiger partial charge < -0.3 is 21.1 Å². The monoisotopic (exact) mass is 501 g/mol. The molecule has 0 spiro atoms. The Morgan fingerprint density at radius 3 is 2.66 bits per heavy atom. The van der Waals surface area contributed by atoms with Crippen LogP contribution >= 0.6 is 11.6 Å². The van der Waals surface area contributed by atoms with Gasteiger partial charge in [-0.25, -0.2) is 4.39 Å². The molecule has 0 atom stereocenters. The fraction of sp³-hybridized carbons (Fsp3) is 0.333. The summed E-state index contributed by atoms with van der Waals surface area (Å²) in [5, 5.41) is 17.5. The Labute approximate surface area is 205 Å². The molecular weight excluding hydrogens is 477 g/mol. The number of nitrogens with one attached hydrogen (secondary N) is 1. The predicted octanol–water partition coefficient (Wildman–Crippen LogP) is 1.99. The largest absolute Gasteiger partial charge is 0.390 e. The number of carbonyl (C=O) groups is 3. The summed E-state index contributed by atoms with van der Waals surface area (Å²) >= 11 is 5.79. The minimum atomic E-state index is -0.929. The predicted molar refractivity (Wildman–Crippen MR) is 127 cm³/mol. The highest BCUT2D eigenvalue weighted by Gasteiger charge is 2.43. The Morgan fingerprint density at radius 1 is 1.26 bits per heavy atom. The average molecular weight is 502 g/mol. The molecule has 0 radical (unpaired) electrons. The number of hydrogen-bond donors (Lipinski definition) is 3.